The van der Waals surface area contributed by atoms with Gasteiger partial charge in [-0.3, -0.25) is 24.5 Å². The highest BCUT2D eigenvalue weighted by molar-refractivity contribution is 6.05. The number of anilines is 1. The van der Waals surface area contributed by atoms with Crippen molar-refractivity contribution in [2.45, 2.75) is 31.8 Å². The fraction of sp³-hybridized carbons (Fsp3) is 0.583. The second-order valence-corrected chi connectivity index (χ2v) is 8.31. The number of halogens is 1. The topological polar surface area (TPSA) is 159 Å². The van der Waals surface area contributed by atoms with Gasteiger partial charge in [0.15, 0.2) is 0 Å². The molecule has 2 aliphatic heterocycles. The van der Waals surface area contributed by atoms with Gasteiger partial charge in [0.05, 0.1) is 59.3 Å². The number of hydrogen-bond donors (Lipinski definition) is 3. The van der Waals surface area contributed by atoms with Gasteiger partial charge in [-0.1, -0.05) is 0 Å². The molecule has 2 heterocycles. The number of ether oxygens (including phenoxy) is 4. The summed E-state index contributed by atoms with van der Waals surface area (Å²) in [5.41, 5.74) is 7.10. The molecule has 0 aromatic heterocycles. The van der Waals surface area contributed by atoms with Gasteiger partial charge >= 0.3 is 0 Å². The molecule has 1 fully saturated rings. The molecule has 0 saturated carbocycles. The standard InChI is InChI=1S/C24H34N4O8.ClH/c25-6-8-34-10-12-36-14-13-35-11-9-33-7-5-22(30)26-18-1-2-19-17(15-18)16-28(24(19)32)20-3-4-21(29)27-23(20)31;/h1-2,15,20H,3-14,16,25H2,(H,26,30)(H,27,29,31);1H. The molecule has 4 N–H and O–H groups in total. The number of rotatable bonds is 16. The fourth-order valence-corrected chi connectivity index (χ4v) is 3.89. The molecule has 0 bridgehead atoms. The van der Waals surface area contributed by atoms with Crippen molar-refractivity contribution in [3.05, 3.63) is 29.3 Å². The fourth-order valence-electron chi connectivity index (χ4n) is 3.89. The Morgan fingerprint density at radius 1 is 0.973 bits per heavy atom. The number of carbonyl (C=O) groups is 4. The second-order valence-electron chi connectivity index (χ2n) is 8.31. The maximum Gasteiger partial charge on any atom is 0.255 e. The summed E-state index contributed by atoms with van der Waals surface area (Å²) >= 11 is 0. The number of amides is 4. The molecule has 2 aliphatic rings. The molecule has 1 unspecified atom stereocenters. The minimum Gasteiger partial charge on any atom is -0.379 e. The van der Waals surface area contributed by atoms with Crippen LogP contribution in [0.2, 0.25) is 0 Å². The number of benzene rings is 1. The van der Waals surface area contributed by atoms with Gasteiger partial charge in [0.25, 0.3) is 5.91 Å². The molecule has 1 aromatic rings. The summed E-state index contributed by atoms with van der Waals surface area (Å²) in [4.78, 5) is 50.0. The van der Waals surface area contributed by atoms with Gasteiger partial charge in [0.1, 0.15) is 6.04 Å². The largest absolute Gasteiger partial charge is 0.379 e. The maximum atomic E-state index is 12.7. The minimum atomic E-state index is -0.671. The quantitative estimate of drug-likeness (QED) is 0.196. The minimum absolute atomic E-state index is 0. The van der Waals surface area contributed by atoms with Gasteiger partial charge in [0, 0.05) is 30.8 Å². The van der Waals surface area contributed by atoms with E-state index in [4.69, 9.17) is 24.7 Å². The third-order valence-corrected chi connectivity index (χ3v) is 5.66. The molecule has 1 atom stereocenters. The van der Waals surface area contributed by atoms with Gasteiger partial charge in [-0.15, -0.1) is 12.4 Å². The van der Waals surface area contributed by atoms with Gasteiger partial charge in [-0.25, -0.2) is 0 Å². The Bertz CT molecular complexity index is 932. The van der Waals surface area contributed by atoms with E-state index in [-0.39, 0.29) is 56.1 Å². The van der Waals surface area contributed by atoms with Crippen LogP contribution in [0.5, 0.6) is 0 Å². The number of imide groups is 1. The van der Waals surface area contributed by atoms with E-state index in [1.54, 1.807) is 18.2 Å². The Labute approximate surface area is 221 Å². The van der Waals surface area contributed by atoms with Crippen molar-refractivity contribution in [1.29, 1.82) is 0 Å². The van der Waals surface area contributed by atoms with Crippen LogP contribution >= 0.6 is 12.4 Å². The van der Waals surface area contributed by atoms with Crippen LogP contribution in [0.4, 0.5) is 5.69 Å². The van der Waals surface area contributed by atoms with Crippen molar-refractivity contribution in [2.75, 3.05) is 64.7 Å². The smallest absolute Gasteiger partial charge is 0.255 e. The lowest BCUT2D eigenvalue weighted by atomic mass is 10.0. The van der Waals surface area contributed by atoms with Gasteiger partial charge in [-0.2, -0.15) is 0 Å². The third kappa shape index (κ3) is 9.65. The molecular weight excluding hydrogens is 508 g/mol. The first-order chi connectivity index (χ1) is 17.5. The summed E-state index contributed by atoms with van der Waals surface area (Å²) in [5, 5.41) is 5.08. The molecule has 37 heavy (non-hydrogen) atoms. The highest BCUT2D eigenvalue weighted by atomic mass is 35.5. The zero-order valence-corrected chi connectivity index (χ0v) is 21.5. The zero-order chi connectivity index (χ0) is 25.8. The first-order valence-corrected chi connectivity index (χ1v) is 12.1. The molecule has 3 rings (SSSR count). The summed E-state index contributed by atoms with van der Waals surface area (Å²) in [6, 6.07) is 4.36. The zero-order valence-electron chi connectivity index (χ0n) is 20.7. The predicted octanol–water partition coefficient (Wildman–Crippen LogP) is 0.223. The Balaban J connectivity index is 0.00000481. The molecule has 13 heteroatoms. The van der Waals surface area contributed by atoms with Crippen LogP contribution < -0.4 is 16.4 Å². The van der Waals surface area contributed by atoms with E-state index in [9.17, 15) is 19.2 Å². The van der Waals surface area contributed by atoms with E-state index in [2.05, 4.69) is 10.6 Å². The normalized spacial score (nSPS) is 16.8. The van der Waals surface area contributed by atoms with E-state index >= 15 is 0 Å². The van der Waals surface area contributed by atoms with E-state index < -0.39 is 11.9 Å². The lowest BCUT2D eigenvalue weighted by Crippen LogP contribution is -2.52. The number of fused-ring (bicyclic) bond motifs is 1. The number of piperidine rings is 1. The van der Waals surface area contributed by atoms with Crippen LogP contribution in [-0.2, 0) is 39.9 Å². The van der Waals surface area contributed by atoms with Crippen molar-refractivity contribution >= 4 is 41.7 Å². The van der Waals surface area contributed by atoms with Crippen LogP contribution in [0.25, 0.3) is 0 Å². The molecule has 0 aliphatic carbocycles. The van der Waals surface area contributed by atoms with Gasteiger partial charge in [0.2, 0.25) is 17.7 Å². The summed E-state index contributed by atoms with van der Waals surface area (Å²) < 4.78 is 21.4. The van der Waals surface area contributed by atoms with Crippen molar-refractivity contribution in [3.8, 4) is 0 Å². The average molecular weight is 543 g/mol. The summed E-state index contributed by atoms with van der Waals surface area (Å²) in [5.74, 6) is -1.25. The van der Waals surface area contributed by atoms with E-state index in [0.29, 0.717) is 70.5 Å². The highest BCUT2D eigenvalue weighted by Crippen LogP contribution is 2.29. The molecule has 206 valence electrons. The highest BCUT2D eigenvalue weighted by Gasteiger charge is 2.39. The Morgan fingerprint density at radius 3 is 2.22 bits per heavy atom. The number of hydrogen-bond acceptors (Lipinski definition) is 9. The second kappa shape index (κ2) is 16.3. The average Bonchev–Trinajstić information content (AvgIpc) is 3.17. The third-order valence-electron chi connectivity index (χ3n) is 5.66. The molecular formula is C24H35ClN4O8. The van der Waals surface area contributed by atoms with Crippen LogP contribution in [0.15, 0.2) is 18.2 Å². The molecule has 0 radical (unpaired) electrons. The first kappa shape index (κ1) is 30.6. The first-order valence-electron chi connectivity index (χ1n) is 12.1. The predicted molar refractivity (Wildman–Crippen MR) is 135 cm³/mol. The van der Waals surface area contributed by atoms with Crippen LogP contribution in [-0.4, -0.2) is 94.0 Å². The number of nitrogens with one attached hydrogen (secondary N) is 2. The van der Waals surface area contributed by atoms with Crippen LogP contribution in [0, 0.1) is 0 Å². The lowest BCUT2D eigenvalue weighted by Gasteiger charge is -2.29. The van der Waals surface area contributed by atoms with Gasteiger partial charge < -0.3 is 34.9 Å². The molecule has 1 aromatic carbocycles. The number of nitrogens with zero attached hydrogens (tertiary/aromatic N) is 1. The molecule has 12 nitrogen and oxygen atoms in total. The van der Waals surface area contributed by atoms with Crippen molar-refractivity contribution in [2.24, 2.45) is 5.73 Å². The van der Waals surface area contributed by atoms with E-state index in [0.717, 1.165) is 5.56 Å². The van der Waals surface area contributed by atoms with Gasteiger partial charge in [-0.05, 0) is 30.2 Å². The number of nitrogens with two attached hydrogens (primary N) is 1. The van der Waals surface area contributed by atoms with E-state index in [1.165, 1.54) is 4.90 Å². The summed E-state index contributed by atoms with van der Waals surface area (Å²) in [6.45, 7) is 4.19. The van der Waals surface area contributed by atoms with Crippen molar-refractivity contribution in [3.63, 3.8) is 0 Å². The molecule has 0 spiro atoms. The maximum absolute atomic E-state index is 12.7. The summed E-state index contributed by atoms with van der Waals surface area (Å²) in [7, 11) is 0. The lowest BCUT2D eigenvalue weighted by molar-refractivity contribution is -0.137. The Kier molecular flexibility index (Phi) is 13.5. The monoisotopic (exact) mass is 542 g/mol. The van der Waals surface area contributed by atoms with E-state index in [1.807, 2.05) is 0 Å². The van der Waals surface area contributed by atoms with Crippen molar-refractivity contribution in [1.82, 2.24) is 10.2 Å². The number of carbonyl (C=O) groups excluding carboxylic acids is 4. The molecule has 1 saturated heterocycles. The summed E-state index contributed by atoms with van der Waals surface area (Å²) in [6.07, 6.45) is 0.675. The van der Waals surface area contributed by atoms with Crippen molar-refractivity contribution < 1.29 is 38.1 Å². The van der Waals surface area contributed by atoms with Crippen LogP contribution in [0.3, 0.4) is 0 Å². The van der Waals surface area contributed by atoms with Crippen LogP contribution in [0.1, 0.15) is 35.2 Å². The Morgan fingerprint density at radius 2 is 1.59 bits per heavy atom. The SMILES string of the molecule is Cl.NCCOCCOCCOCCOCCC(=O)Nc1ccc2c(c1)CN(C1CCC(=O)NC1=O)C2=O. The molecule has 4 amide bonds. The Hall–Kier alpha value is -2.61.